The van der Waals surface area contributed by atoms with E-state index in [1.54, 1.807) is 18.3 Å². The van der Waals surface area contributed by atoms with Gasteiger partial charge >= 0.3 is 6.01 Å². The van der Waals surface area contributed by atoms with Crippen molar-refractivity contribution >= 4 is 39.1 Å². The van der Waals surface area contributed by atoms with Crippen molar-refractivity contribution in [2.45, 2.75) is 31.0 Å². The molecule has 0 saturated carbocycles. The normalized spacial score (nSPS) is 20.3. The van der Waals surface area contributed by atoms with Gasteiger partial charge in [-0.25, -0.2) is 4.39 Å². The highest BCUT2D eigenvalue weighted by atomic mass is 35.5. The molecular formula is C26H25ClFN5O3. The van der Waals surface area contributed by atoms with Crippen molar-refractivity contribution in [1.29, 1.82) is 0 Å². The van der Waals surface area contributed by atoms with Gasteiger partial charge < -0.3 is 25.2 Å². The third-order valence-corrected chi connectivity index (χ3v) is 7.20. The molecule has 10 heteroatoms. The summed E-state index contributed by atoms with van der Waals surface area (Å²) in [6, 6.07) is 11.7. The highest BCUT2D eigenvalue weighted by Crippen LogP contribution is 2.38. The highest BCUT2D eigenvalue weighted by Gasteiger charge is 2.34. The van der Waals surface area contributed by atoms with Crippen LogP contribution in [0.1, 0.15) is 12.8 Å². The van der Waals surface area contributed by atoms with E-state index in [1.807, 2.05) is 24.3 Å². The molecule has 2 fully saturated rings. The number of piperazine rings is 1. The fourth-order valence-corrected chi connectivity index (χ4v) is 5.48. The molecule has 4 aromatic rings. The lowest BCUT2D eigenvalue weighted by Crippen LogP contribution is -2.51. The number of hydrogen-bond acceptors (Lipinski definition) is 8. The molecule has 2 bridgehead atoms. The van der Waals surface area contributed by atoms with Crippen LogP contribution in [0.2, 0.25) is 5.02 Å². The molecule has 3 N–H and O–H groups in total. The van der Waals surface area contributed by atoms with Gasteiger partial charge in [-0.05, 0) is 24.3 Å². The minimum atomic E-state index is -1.10. The zero-order chi connectivity index (χ0) is 24.8. The molecule has 186 valence electrons. The van der Waals surface area contributed by atoms with Crippen LogP contribution in [0.25, 0.3) is 32.9 Å². The largest absolute Gasteiger partial charge is 0.461 e. The van der Waals surface area contributed by atoms with E-state index in [2.05, 4.69) is 25.2 Å². The number of benzene rings is 2. The van der Waals surface area contributed by atoms with Gasteiger partial charge in [-0.2, -0.15) is 9.97 Å². The van der Waals surface area contributed by atoms with E-state index < -0.39 is 18.5 Å². The minimum absolute atomic E-state index is 0.0668. The summed E-state index contributed by atoms with van der Waals surface area (Å²) in [5, 5.41) is 25.1. The first-order valence-electron chi connectivity index (χ1n) is 12.0. The molecule has 0 radical (unpaired) electrons. The Morgan fingerprint density at radius 3 is 2.64 bits per heavy atom. The van der Waals surface area contributed by atoms with E-state index >= 15 is 4.39 Å². The van der Waals surface area contributed by atoms with Crippen LogP contribution in [-0.4, -0.2) is 69.7 Å². The van der Waals surface area contributed by atoms with E-state index in [1.165, 1.54) is 0 Å². The van der Waals surface area contributed by atoms with Gasteiger partial charge in [-0.1, -0.05) is 41.9 Å². The first-order chi connectivity index (χ1) is 17.5. The summed E-state index contributed by atoms with van der Waals surface area (Å²) in [5.41, 5.74) is 0.775. The van der Waals surface area contributed by atoms with Gasteiger partial charge in [0.25, 0.3) is 0 Å². The lowest BCUT2D eigenvalue weighted by atomic mass is 10.0. The monoisotopic (exact) mass is 509 g/mol. The van der Waals surface area contributed by atoms with Crippen molar-refractivity contribution in [3.05, 3.63) is 53.4 Å². The molecule has 2 unspecified atom stereocenters. The number of aromatic nitrogens is 3. The van der Waals surface area contributed by atoms with Crippen LogP contribution in [0.5, 0.6) is 6.01 Å². The molecule has 8 nitrogen and oxygen atoms in total. The van der Waals surface area contributed by atoms with Crippen molar-refractivity contribution in [1.82, 2.24) is 20.3 Å². The van der Waals surface area contributed by atoms with Gasteiger partial charge in [0.2, 0.25) is 0 Å². The van der Waals surface area contributed by atoms with Crippen LogP contribution in [0.4, 0.5) is 10.2 Å². The number of nitrogens with one attached hydrogen (secondary N) is 1. The molecule has 6 rings (SSSR count). The van der Waals surface area contributed by atoms with E-state index in [9.17, 15) is 5.11 Å². The zero-order valence-corrected chi connectivity index (χ0v) is 20.1. The van der Waals surface area contributed by atoms with Gasteiger partial charge in [0.1, 0.15) is 29.7 Å². The summed E-state index contributed by atoms with van der Waals surface area (Å²) in [6.07, 6.45) is 2.66. The highest BCUT2D eigenvalue weighted by molar-refractivity contribution is 6.36. The maximum absolute atomic E-state index is 16.2. The van der Waals surface area contributed by atoms with Crippen LogP contribution in [-0.2, 0) is 0 Å². The number of fused-ring (bicyclic) bond motifs is 4. The predicted octanol–water partition coefficient (Wildman–Crippen LogP) is 3.31. The fourth-order valence-electron chi connectivity index (χ4n) is 5.20. The average Bonchev–Trinajstić information content (AvgIpc) is 3.24. The molecule has 2 aliphatic heterocycles. The second-order valence-corrected chi connectivity index (χ2v) is 9.75. The van der Waals surface area contributed by atoms with Crippen molar-refractivity contribution < 1.29 is 19.3 Å². The maximum Gasteiger partial charge on any atom is 0.319 e. The van der Waals surface area contributed by atoms with Crippen molar-refractivity contribution in [2.75, 3.05) is 31.2 Å². The Labute approximate surface area is 211 Å². The summed E-state index contributed by atoms with van der Waals surface area (Å²) in [5.74, 6) is -0.0602. The Morgan fingerprint density at radius 2 is 1.89 bits per heavy atom. The topological polar surface area (TPSA) is 104 Å². The zero-order valence-electron chi connectivity index (χ0n) is 19.4. The molecule has 2 aliphatic rings. The number of hydrogen-bond donors (Lipinski definition) is 3. The van der Waals surface area contributed by atoms with Crippen molar-refractivity contribution in [2.24, 2.45) is 0 Å². The molecule has 2 saturated heterocycles. The maximum atomic E-state index is 16.2. The van der Waals surface area contributed by atoms with Crippen molar-refractivity contribution in [3.8, 4) is 17.3 Å². The van der Waals surface area contributed by atoms with Crippen LogP contribution < -0.4 is 15.0 Å². The third-order valence-electron chi connectivity index (χ3n) is 6.88. The fraction of sp³-hybridized carbons (Fsp3) is 0.346. The second-order valence-electron chi connectivity index (χ2n) is 9.35. The van der Waals surface area contributed by atoms with Gasteiger partial charge in [0.15, 0.2) is 5.82 Å². The second kappa shape index (κ2) is 9.40. The average molecular weight is 510 g/mol. The first kappa shape index (κ1) is 23.3. The van der Waals surface area contributed by atoms with Crippen LogP contribution in [0.3, 0.4) is 0 Å². The summed E-state index contributed by atoms with van der Waals surface area (Å²) >= 11 is 6.50. The Kier molecular flexibility index (Phi) is 6.08. The number of anilines is 1. The number of pyridine rings is 1. The number of halogens is 2. The van der Waals surface area contributed by atoms with E-state index in [0.29, 0.717) is 39.3 Å². The molecule has 36 heavy (non-hydrogen) atoms. The number of nitrogens with zero attached hydrogens (tertiary/aromatic N) is 4. The first-order valence-corrected chi connectivity index (χ1v) is 12.4. The molecule has 2 aromatic heterocycles. The lowest BCUT2D eigenvalue weighted by Gasteiger charge is -2.34. The number of aliphatic hydroxyl groups excluding tert-OH is 2. The van der Waals surface area contributed by atoms with E-state index in [4.69, 9.17) is 21.4 Å². The molecular weight excluding hydrogens is 485 g/mol. The summed E-state index contributed by atoms with van der Waals surface area (Å²) in [6.45, 7) is 0.770. The van der Waals surface area contributed by atoms with Gasteiger partial charge in [-0.3, -0.25) is 4.98 Å². The summed E-state index contributed by atoms with van der Waals surface area (Å²) in [7, 11) is 0. The smallest absolute Gasteiger partial charge is 0.319 e. The van der Waals surface area contributed by atoms with Gasteiger partial charge in [0.05, 0.1) is 12.0 Å². The minimum Gasteiger partial charge on any atom is -0.461 e. The van der Waals surface area contributed by atoms with Crippen molar-refractivity contribution in [3.63, 3.8) is 0 Å². The Hall–Kier alpha value is -3.11. The quantitative estimate of drug-likeness (QED) is 0.364. The Balaban J connectivity index is 1.51. The number of rotatable bonds is 6. The van der Waals surface area contributed by atoms with E-state index in [0.717, 1.165) is 31.3 Å². The van der Waals surface area contributed by atoms with Crippen LogP contribution in [0, 0.1) is 5.82 Å². The van der Waals surface area contributed by atoms with Crippen LogP contribution in [0.15, 0.2) is 42.6 Å². The molecule has 3 atom stereocenters. The van der Waals surface area contributed by atoms with E-state index in [-0.39, 0.29) is 23.8 Å². The van der Waals surface area contributed by atoms with Gasteiger partial charge in [0, 0.05) is 47.3 Å². The summed E-state index contributed by atoms with van der Waals surface area (Å²) < 4.78 is 21.8. The molecule has 0 aliphatic carbocycles. The molecule has 0 amide bonds. The third kappa shape index (κ3) is 4.12. The molecule has 2 aromatic carbocycles. The Morgan fingerprint density at radius 1 is 1.14 bits per heavy atom. The molecule has 4 heterocycles. The number of aliphatic hydroxyl groups is 2. The van der Waals surface area contributed by atoms with Crippen LogP contribution >= 0.6 is 11.6 Å². The molecule has 0 spiro atoms. The summed E-state index contributed by atoms with van der Waals surface area (Å²) in [4.78, 5) is 15.6. The lowest BCUT2D eigenvalue weighted by molar-refractivity contribution is 0.0506. The standard InChI is InChI=1S/C26H25ClFN5O3/c27-20-6-2-4-14-3-1-5-18(21(14)20)23-22(28)24-19(9-29-23)25(32-26(31-24)36-13-17(35)12-34)33-10-15-7-8-16(11-33)30-15/h1-6,9,15-17,30,34-35H,7-8,10-13H2/t15?,16?,17-/m0/s1. The number of ether oxygens (including phenoxy) is 1. The Bertz CT molecular complexity index is 1440. The predicted molar refractivity (Wildman–Crippen MR) is 136 cm³/mol. The SMILES string of the molecule is OC[C@H](O)COc1nc(N2CC3CCC(C2)N3)c2cnc(-c3cccc4cccc(Cl)c34)c(F)c2n1. The van der Waals surface area contributed by atoms with Gasteiger partial charge in [-0.15, -0.1) is 0 Å².